The average Bonchev–Trinajstić information content (AvgIpc) is 2.14. The van der Waals surface area contributed by atoms with Gasteiger partial charge in [0.25, 0.3) is 6.43 Å². The second-order valence-corrected chi connectivity index (χ2v) is 3.39. The molecule has 0 atom stereocenters. The van der Waals surface area contributed by atoms with Crippen molar-refractivity contribution in [1.29, 1.82) is 0 Å². The molecule has 0 aromatic carbocycles. The van der Waals surface area contributed by atoms with E-state index in [4.69, 9.17) is 4.74 Å². The second-order valence-electron chi connectivity index (χ2n) is 3.39. The lowest BCUT2D eigenvalue weighted by atomic mass is 10.1. The van der Waals surface area contributed by atoms with Crippen molar-refractivity contribution < 1.29 is 17.9 Å². The number of rotatable bonds is 4. The molecule has 0 saturated carbocycles. The second kappa shape index (κ2) is 5.00. The molecule has 0 fully saturated rings. The van der Waals surface area contributed by atoms with Gasteiger partial charge in [0.1, 0.15) is 18.2 Å². The van der Waals surface area contributed by atoms with E-state index in [0.717, 1.165) is 12.3 Å². The number of halogens is 3. The SMILES string of the molecule is CC(C)c1ncc(F)cc1OCC(F)F. The molecule has 2 nitrogen and oxygen atoms in total. The zero-order valence-electron chi connectivity index (χ0n) is 8.51. The minimum absolute atomic E-state index is 0.00160. The van der Waals surface area contributed by atoms with E-state index in [-0.39, 0.29) is 11.7 Å². The van der Waals surface area contributed by atoms with Crippen LogP contribution in [0, 0.1) is 5.82 Å². The summed E-state index contributed by atoms with van der Waals surface area (Å²) in [5.74, 6) is -0.507. The smallest absolute Gasteiger partial charge is 0.272 e. The molecule has 0 N–H and O–H groups in total. The molecule has 5 heteroatoms. The lowest BCUT2D eigenvalue weighted by Gasteiger charge is -2.12. The highest BCUT2D eigenvalue weighted by atomic mass is 19.3. The van der Waals surface area contributed by atoms with Gasteiger partial charge in [-0.3, -0.25) is 4.98 Å². The number of nitrogens with zero attached hydrogens (tertiary/aromatic N) is 1. The van der Waals surface area contributed by atoms with Gasteiger partial charge >= 0.3 is 0 Å². The highest BCUT2D eigenvalue weighted by molar-refractivity contribution is 5.29. The third kappa shape index (κ3) is 3.42. The van der Waals surface area contributed by atoms with Gasteiger partial charge in [-0.2, -0.15) is 0 Å². The predicted octanol–water partition coefficient (Wildman–Crippen LogP) is 2.99. The summed E-state index contributed by atoms with van der Waals surface area (Å²) in [6.07, 6.45) is -1.53. The Morgan fingerprint density at radius 2 is 2.07 bits per heavy atom. The van der Waals surface area contributed by atoms with Crippen molar-refractivity contribution in [2.24, 2.45) is 0 Å². The molecule has 1 aromatic rings. The first-order valence-corrected chi connectivity index (χ1v) is 4.57. The van der Waals surface area contributed by atoms with Crippen LogP contribution in [0.15, 0.2) is 12.3 Å². The Balaban J connectivity index is 2.87. The minimum Gasteiger partial charge on any atom is -0.486 e. The quantitative estimate of drug-likeness (QED) is 0.776. The molecule has 0 radical (unpaired) electrons. The Labute approximate surface area is 86.1 Å². The van der Waals surface area contributed by atoms with Crippen molar-refractivity contribution >= 4 is 0 Å². The Hall–Kier alpha value is -1.26. The summed E-state index contributed by atoms with van der Waals surface area (Å²) in [7, 11) is 0. The largest absolute Gasteiger partial charge is 0.486 e. The van der Waals surface area contributed by atoms with Crippen molar-refractivity contribution in [2.45, 2.75) is 26.2 Å². The lowest BCUT2D eigenvalue weighted by molar-refractivity contribution is 0.0808. The van der Waals surface area contributed by atoms with Gasteiger partial charge in [0.15, 0.2) is 0 Å². The third-order valence-electron chi connectivity index (χ3n) is 1.76. The molecule has 0 unspecified atom stereocenters. The molecule has 0 amide bonds. The summed E-state index contributed by atoms with van der Waals surface area (Å²) in [6, 6.07) is 1.07. The van der Waals surface area contributed by atoms with Gasteiger partial charge in [0.05, 0.1) is 11.9 Å². The fourth-order valence-electron chi connectivity index (χ4n) is 1.13. The first-order valence-electron chi connectivity index (χ1n) is 4.57. The van der Waals surface area contributed by atoms with E-state index in [2.05, 4.69) is 4.98 Å². The van der Waals surface area contributed by atoms with Gasteiger partial charge in [-0.05, 0) is 5.92 Å². The molecule has 0 aliphatic heterocycles. The summed E-state index contributed by atoms with van der Waals surface area (Å²) in [5.41, 5.74) is 0.483. The van der Waals surface area contributed by atoms with Gasteiger partial charge in [-0.15, -0.1) is 0 Å². The van der Waals surface area contributed by atoms with E-state index in [1.54, 1.807) is 0 Å². The van der Waals surface area contributed by atoms with Crippen LogP contribution in [0.3, 0.4) is 0 Å². The molecular formula is C10H12F3NO. The Morgan fingerprint density at radius 1 is 1.40 bits per heavy atom. The first-order chi connectivity index (χ1) is 7.00. The normalized spacial score (nSPS) is 11.1. The van der Waals surface area contributed by atoms with Crippen molar-refractivity contribution in [1.82, 2.24) is 4.98 Å². The van der Waals surface area contributed by atoms with Crippen LogP contribution in [0.4, 0.5) is 13.2 Å². The van der Waals surface area contributed by atoms with Gasteiger partial charge in [-0.1, -0.05) is 13.8 Å². The number of hydrogen-bond donors (Lipinski definition) is 0. The topological polar surface area (TPSA) is 22.1 Å². The van der Waals surface area contributed by atoms with Gasteiger partial charge in [0.2, 0.25) is 0 Å². The highest BCUT2D eigenvalue weighted by Crippen LogP contribution is 2.24. The number of ether oxygens (including phenoxy) is 1. The summed E-state index contributed by atoms with van der Waals surface area (Å²) in [6.45, 7) is 2.91. The summed E-state index contributed by atoms with van der Waals surface area (Å²) < 4.78 is 41.4. The highest BCUT2D eigenvalue weighted by Gasteiger charge is 2.12. The van der Waals surface area contributed by atoms with Crippen LogP contribution in [0.5, 0.6) is 5.75 Å². The molecule has 0 bridgehead atoms. The summed E-state index contributed by atoms with van der Waals surface area (Å²) in [5, 5.41) is 0. The van der Waals surface area contributed by atoms with Gasteiger partial charge in [-0.25, -0.2) is 13.2 Å². The molecular weight excluding hydrogens is 207 g/mol. The fourth-order valence-corrected chi connectivity index (χ4v) is 1.13. The molecule has 1 aromatic heterocycles. The van der Waals surface area contributed by atoms with Crippen LogP contribution in [-0.2, 0) is 0 Å². The van der Waals surface area contributed by atoms with E-state index < -0.39 is 18.8 Å². The number of pyridine rings is 1. The average molecular weight is 219 g/mol. The van der Waals surface area contributed by atoms with Crippen molar-refractivity contribution in [3.8, 4) is 5.75 Å². The number of hydrogen-bond acceptors (Lipinski definition) is 2. The lowest BCUT2D eigenvalue weighted by Crippen LogP contribution is -2.10. The molecule has 84 valence electrons. The van der Waals surface area contributed by atoms with E-state index in [0.29, 0.717) is 5.69 Å². The number of aromatic nitrogens is 1. The van der Waals surface area contributed by atoms with E-state index in [1.807, 2.05) is 13.8 Å². The van der Waals surface area contributed by atoms with Crippen LogP contribution in [-0.4, -0.2) is 18.0 Å². The third-order valence-corrected chi connectivity index (χ3v) is 1.76. The van der Waals surface area contributed by atoms with E-state index in [9.17, 15) is 13.2 Å². The van der Waals surface area contributed by atoms with Gasteiger partial charge < -0.3 is 4.74 Å². The molecule has 0 aliphatic carbocycles. The number of alkyl halides is 2. The standard InChI is InChI=1S/C10H12F3NO/c1-6(2)10-8(15-5-9(12)13)3-7(11)4-14-10/h3-4,6,9H,5H2,1-2H3. The van der Waals surface area contributed by atoms with Crippen LogP contribution in [0.2, 0.25) is 0 Å². The maximum atomic E-state index is 12.8. The Morgan fingerprint density at radius 3 is 2.60 bits per heavy atom. The van der Waals surface area contributed by atoms with Crippen molar-refractivity contribution in [3.63, 3.8) is 0 Å². The van der Waals surface area contributed by atoms with Crippen molar-refractivity contribution in [2.75, 3.05) is 6.61 Å². The minimum atomic E-state index is -2.58. The Kier molecular flexibility index (Phi) is 3.94. The van der Waals surface area contributed by atoms with Crippen LogP contribution in [0.1, 0.15) is 25.5 Å². The van der Waals surface area contributed by atoms with Crippen LogP contribution >= 0.6 is 0 Å². The maximum absolute atomic E-state index is 12.8. The summed E-state index contributed by atoms with van der Waals surface area (Å²) >= 11 is 0. The zero-order valence-corrected chi connectivity index (χ0v) is 8.51. The maximum Gasteiger partial charge on any atom is 0.272 e. The summed E-state index contributed by atoms with van der Waals surface area (Å²) in [4.78, 5) is 3.81. The van der Waals surface area contributed by atoms with E-state index >= 15 is 0 Å². The molecule has 0 aliphatic rings. The molecule has 1 heterocycles. The molecule has 15 heavy (non-hydrogen) atoms. The fraction of sp³-hybridized carbons (Fsp3) is 0.500. The van der Waals surface area contributed by atoms with E-state index in [1.165, 1.54) is 0 Å². The molecule has 0 saturated heterocycles. The predicted molar refractivity (Wildman–Crippen MR) is 49.8 cm³/mol. The zero-order chi connectivity index (χ0) is 11.4. The van der Waals surface area contributed by atoms with Gasteiger partial charge in [0, 0.05) is 6.07 Å². The van der Waals surface area contributed by atoms with Crippen LogP contribution in [0.25, 0.3) is 0 Å². The molecule has 1 rings (SSSR count). The molecule has 0 spiro atoms. The Bertz CT molecular complexity index is 328. The first kappa shape index (κ1) is 11.8. The van der Waals surface area contributed by atoms with Crippen LogP contribution < -0.4 is 4.74 Å². The van der Waals surface area contributed by atoms with Crippen molar-refractivity contribution in [3.05, 3.63) is 23.8 Å². The monoisotopic (exact) mass is 219 g/mol.